The largest absolute Gasteiger partial charge is 0.486 e. The lowest BCUT2D eigenvalue weighted by molar-refractivity contribution is -0.376. The van der Waals surface area contributed by atoms with Crippen LogP contribution in [0.1, 0.15) is 155 Å². The standard InChI is InChI=1S/C54H88N10O14.C39H55NO18/c1-31(2)24-44-54(78)62-43(17-21-57)53(77)61-42(16-20-56)48(72)29-40(33(4)67)51(75)59-23-18-36(49(73)60-41(15-19-55)46(70)27-37(50(74)63-44)25-35-12-8-6-9-13-35)26-47(71)45(30-65)64-52(76)39(32(3)66)28-38(69)14-10-7-11-22-58-34(5)68;1-19-6-5-7-22(14-19)21-9-11-24(12-10-21)53-18-23(45)8-3-4-13-52-37-28(40-20(2)44)31(48)35(27(17-43)56-37)57-39-34(51)36(30(47)26(16-42)55-39)58-38-33(50)32(49)29(46)25(15-41)54-38/h6,8-9,12-13,31-33,36-37,39-45,65-67H,7,10-11,14-30,55-57H2,1-5H3,(H,58,68)(H,59,75)(H,60,73)(H,61,77)(H,62,78)(H,63,74)(H,64,76);5-7,9-12,14,25-39,41-43,46-51H,3-4,8,13,15-18H2,1-2H3,(H,40,44)/t32-,33-,36-,37+,39+,40+,41+,42+,43+,44+,45-;25?,26?,27?,28?,29-,30-,31+,32-,33?,34?,35+,36-,37+,38+,39-/m10/s1. The summed E-state index contributed by atoms with van der Waals surface area (Å²) in [5, 5.41) is 147. The topological polar surface area (TPSA) is 704 Å². The molecule has 8 amide bonds. The highest BCUT2D eigenvalue weighted by molar-refractivity contribution is 5.99. The van der Waals surface area contributed by atoms with Crippen LogP contribution in [0.3, 0.4) is 0 Å². The summed E-state index contributed by atoms with van der Waals surface area (Å²) in [6.45, 7) is 7.14. The Hall–Kier alpha value is -9.27. The molecule has 43 nitrogen and oxygen atoms in total. The summed E-state index contributed by atoms with van der Waals surface area (Å²) in [4.78, 5) is 175. The van der Waals surface area contributed by atoms with Crippen molar-refractivity contribution in [3.05, 3.63) is 90.0 Å². The Morgan fingerprint density at radius 2 is 1.12 bits per heavy atom. The molecule has 3 aromatic rings. The van der Waals surface area contributed by atoms with Crippen molar-refractivity contribution < 1.29 is 157 Å². The van der Waals surface area contributed by atoms with E-state index in [1.165, 1.54) is 27.7 Å². The van der Waals surface area contributed by atoms with E-state index in [1.54, 1.807) is 42.5 Å². The van der Waals surface area contributed by atoms with Gasteiger partial charge in [-0.15, -0.1) is 0 Å². The molecule has 0 spiro atoms. The third kappa shape index (κ3) is 36.8. The van der Waals surface area contributed by atoms with E-state index in [1.807, 2.05) is 51.1 Å². The van der Waals surface area contributed by atoms with Crippen LogP contribution in [0, 0.1) is 36.5 Å². The highest BCUT2D eigenvalue weighted by Crippen LogP contribution is 2.35. The summed E-state index contributed by atoms with van der Waals surface area (Å²) in [7, 11) is 0. The normalized spacial score (nSPS) is 28.4. The number of ether oxygens (including phenoxy) is 7. The van der Waals surface area contributed by atoms with Crippen molar-refractivity contribution in [3.63, 3.8) is 0 Å². The Labute approximate surface area is 790 Å². The molecule has 0 bridgehead atoms. The lowest BCUT2D eigenvalue weighted by Crippen LogP contribution is -2.68. The zero-order valence-corrected chi connectivity index (χ0v) is 78.2. The summed E-state index contributed by atoms with van der Waals surface area (Å²) in [6.07, 6.45) is -25.9. The number of rotatable bonds is 44. The number of ketones is 5. The summed E-state index contributed by atoms with van der Waals surface area (Å²) >= 11 is 0. The van der Waals surface area contributed by atoms with E-state index in [9.17, 15) is 124 Å². The molecule has 3 aromatic carbocycles. The molecule has 0 aliphatic carbocycles. The van der Waals surface area contributed by atoms with Gasteiger partial charge in [-0.25, -0.2) is 0 Å². The molecule has 136 heavy (non-hydrogen) atoms. The molecule has 4 fully saturated rings. The Kier molecular flexibility index (Phi) is 50.3. The second-order valence-corrected chi connectivity index (χ2v) is 35.4. The maximum atomic E-state index is 14.4. The number of carbonyl (C=O) groups is 13. The minimum absolute atomic E-state index is 0.0101. The van der Waals surface area contributed by atoms with Gasteiger partial charge in [0.25, 0.3) is 0 Å². The maximum Gasteiger partial charge on any atom is 0.243 e. The van der Waals surface area contributed by atoms with Gasteiger partial charge in [-0.3, -0.25) is 62.3 Å². The smallest absolute Gasteiger partial charge is 0.243 e. The van der Waals surface area contributed by atoms with Crippen LogP contribution in [0.25, 0.3) is 11.1 Å². The van der Waals surface area contributed by atoms with Crippen molar-refractivity contribution in [2.24, 2.45) is 46.8 Å². The molecule has 26 atom stereocenters. The summed E-state index contributed by atoms with van der Waals surface area (Å²) in [5.74, 6) is -13.2. The van der Waals surface area contributed by atoms with E-state index in [0.29, 0.717) is 50.0 Å². The van der Waals surface area contributed by atoms with E-state index in [2.05, 4.69) is 48.6 Å². The van der Waals surface area contributed by atoms with E-state index in [-0.39, 0.29) is 121 Å². The molecule has 0 radical (unpaired) electrons. The first-order valence-electron chi connectivity index (χ1n) is 46.4. The van der Waals surface area contributed by atoms with E-state index >= 15 is 0 Å². The number of benzene rings is 3. The number of hydrogen-bond donors (Lipinski definition) is 23. The molecule has 6 unspecified atom stereocenters. The number of aliphatic hydroxyl groups excluding tert-OH is 12. The second kappa shape index (κ2) is 59.2. The summed E-state index contributed by atoms with van der Waals surface area (Å²) in [5.41, 5.74) is 21.6. The number of amides is 8. The van der Waals surface area contributed by atoms with Crippen molar-refractivity contribution in [1.29, 1.82) is 0 Å². The number of aliphatic hydroxyl groups is 12. The minimum Gasteiger partial charge on any atom is -0.486 e. The molecule has 4 heterocycles. The minimum atomic E-state index is -1.94. The fourth-order valence-corrected chi connectivity index (χ4v) is 16.1. The van der Waals surface area contributed by atoms with Crippen LogP contribution in [-0.2, 0) is 97.2 Å². The van der Waals surface area contributed by atoms with Crippen molar-refractivity contribution >= 4 is 76.2 Å². The van der Waals surface area contributed by atoms with Gasteiger partial charge in [0.15, 0.2) is 42.0 Å². The fraction of sp³-hybridized carbons (Fsp3) is 0.667. The lowest BCUT2D eigenvalue weighted by atomic mass is 9.89. The number of carbonyl (C=O) groups excluding carboxylic acids is 13. The van der Waals surface area contributed by atoms with Gasteiger partial charge in [0.05, 0.1) is 62.6 Å². The number of Topliss-reactive ketones (excluding diaryl/α,β-unsaturated/α-hetero) is 5. The first-order chi connectivity index (χ1) is 64.7. The number of nitrogens with two attached hydrogens (primary N) is 3. The van der Waals surface area contributed by atoms with Gasteiger partial charge in [-0.1, -0.05) is 92.6 Å². The van der Waals surface area contributed by atoms with Gasteiger partial charge in [0.2, 0.25) is 47.3 Å². The van der Waals surface area contributed by atoms with Crippen LogP contribution >= 0.6 is 0 Å². The number of unbranched alkanes of at least 4 members (excludes halogenated alkanes) is 3. The molecule has 762 valence electrons. The van der Waals surface area contributed by atoms with E-state index in [4.69, 9.17) is 50.4 Å². The number of nitrogens with one attached hydrogen (secondary N) is 8. The van der Waals surface area contributed by atoms with Gasteiger partial charge in [-0.05, 0) is 139 Å². The predicted octanol–water partition coefficient (Wildman–Crippen LogP) is -4.59. The van der Waals surface area contributed by atoms with Gasteiger partial charge in [0, 0.05) is 83.9 Å². The molecule has 4 aliphatic heterocycles. The third-order valence-electron chi connectivity index (χ3n) is 23.8. The first kappa shape index (κ1) is 115. The molecule has 0 saturated carbocycles. The number of aryl methyl sites for hydroxylation is 1. The second-order valence-electron chi connectivity index (χ2n) is 35.4. The van der Waals surface area contributed by atoms with Crippen LogP contribution in [0.5, 0.6) is 5.75 Å². The molecule has 4 saturated heterocycles. The zero-order valence-electron chi connectivity index (χ0n) is 78.2. The highest BCUT2D eigenvalue weighted by atomic mass is 16.8. The molecular weight excluding hydrogens is 1780 g/mol. The molecule has 26 N–H and O–H groups in total. The van der Waals surface area contributed by atoms with E-state index < -0.39 is 263 Å². The SMILES string of the molecule is CC(=O)NC1[C@H](OCCCCC(=O)COc2ccc(-c3cccc(C)c3)cc2)OC(CO)[C@@H](O[C@@H]2OC(CO)[C@H](O)[C@H](O[C@H]3OC(CO)[C@H](O)[C@H](O)C3O)C2O)[C@@H]1O.CC(=O)NCCCCCC(=O)C[C@H](C(=O)N[C@H](CO)C(=O)C[C@H]1CCNC(=O)[C@H]([C@@H](C)O)CC(=O)[C@H](CCN)NC(=O)[C@H](CCN)NC(=O)[C@H](CC(C)C)NC(=O)[C@@H](Cc2ccccc2)CC(=O)[C@H](CCN)NC1=O)[C@@H](C)O. The molecule has 43 heteroatoms. The van der Waals surface area contributed by atoms with E-state index in [0.717, 1.165) is 16.7 Å². The van der Waals surface area contributed by atoms with Gasteiger partial charge < -0.3 is 154 Å². The van der Waals surface area contributed by atoms with Crippen molar-refractivity contribution in [2.75, 3.05) is 72.4 Å². The molecule has 7 rings (SSSR count). The quantitative estimate of drug-likeness (QED) is 0.0237. The van der Waals surface area contributed by atoms with Crippen LogP contribution in [0.4, 0.5) is 0 Å². The van der Waals surface area contributed by atoms with Crippen molar-refractivity contribution in [1.82, 2.24) is 42.5 Å². The van der Waals surface area contributed by atoms with Crippen LogP contribution in [0.15, 0.2) is 78.9 Å². The third-order valence-corrected chi connectivity index (χ3v) is 23.8. The molecule has 0 aromatic heterocycles. The van der Waals surface area contributed by atoms with Crippen LogP contribution in [-0.4, -0.2) is 344 Å². The maximum absolute atomic E-state index is 14.4. The highest BCUT2D eigenvalue weighted by Gasteiger charge is 2.55. The molecule has 4 aliphatic rings. The number of hydrogen-bond acceptors (Lipinski definition) is 35. The van der Waals surface area contributed by atoms with Crippen molar-refractivity contribution in [3.8, 4) is 16.9 Å². The van der Waals surface area contributed by atoms with Gasteiger partial charge >= 0.3 is 0 Å². The first-order valence-corrected chi connectivity index (χ1v) is 46.4. The fourth-order valence-electron chi connectivity index (χ4n) is 16.1. The summed E-state index contributed by atoms with van der Waals surface area (Å²) < 4.78 is 39.8. The monoisotopic (exact) mass is 1930 g/mol. The average Bonchev–Trinajstić information content (AvgIpc) is 0.771. The Morgan fingerprint density at radius 3 is 1.71 bits per heavy atom. The summed E-state index contributed by atoms with van der Waals surface area (Å²) in [6, 6.07) is 16.2. The van der Waals surface area contributed by atoms with Crippen molar-refractivity contribution in [2.45, 2.75) is 292 Å². The zero-order chi connectivity index (χ0) is 101. The Balaban J connectivity index is 0.000000434. The molecular formula is C93H143N11O32. The van der Waals surface area contributed by atoms with Gasteiger partial charge in [0.1, 0.15) is 109 Å². The predicted molar refractivity (Wildman–Crippen MR) is 486 cm³/mol. The van der Waals surface area contributed by atoms with Crippen LogP contribution < -0.4 is 64.5 Å². The Morgan fingerprint density at radius 1 is 0.551 bits per heavy atom. The Bertz CT molecular complexity index is 4270. The van der Waals surface area contributed by atoms with Crippen LogP contribution in [0.2, 0.25) is 0 Å². The van der Waals surface area contributed by atoms with Gasteiger partial charge in [-0.2, -0.15) is 0 Å². The average molecular weight is 1930 g/mol. The lowest BCUT2D eigenvalue weighted by Gasteiger charge is -2.48.